The van der Waals surface area contributed by atoms with Crippen LogP contribution in [0.5, 0.6) is 5.75 Å². The van der Waals surface area contributed by atoms with Gasteiger partial charge in [-0.2, -0.15) is 0 Å². The third-order valence-electron chi connectivity index (χ3n) is 4.03. The van der Waals surface area contributed by atoms with E-state index in [1.165, 1.54) is 30.3 Å². The molecule has 0 radical (unpaired) electrons. The number of halogens is 2. The molecule has 10 heteroatoms. The molecule has 1 heterocycles. The number of ether oxygens (including phenoxy) is 2. The molecule has 150 valence electrons. The third-order valence-corrected chi connectivity index (χ3v) is 5.70. The molecule has 0 saturated carbocycles. The molecule has 2 aromatic rings. The molecule has 7 nitrogen and oxygen atoms in total. The first-order valence-electron chi connectivity index (χ1n) is 8.41. The van der Waals surface area contributed by atoms with Crippen LogP contribution in [0.25, 0.3) is 0 Å². The van der Waals surface area contributed by atoms with Crippen LogP contribution in [-0.4, -0.2) is 52.1 Å². The van der Waals surface area contributed by atoms with Gasteiger partial charge in [0.05, 0.1) is 23.1 Å². The first-order chi connectivity index (χ1) is 13.3. The van der Waals surface area contributed by atoms with Gasteiger partial charge >= 0.3 is 0 Å². The Kier molecular flexibility index (Phi) is 6.38. The van der Waals surface area contributed by atoms with Crippen LogP contribution in [0, 0.1) is 5.82 Å². The van der Waals surface area contributed by atoms with E-state index in [0.29, 0.717) is 26.3 Å². The quantitative estimate of drug-likeness (QED) is 0.764. The van der Waals surface area contributed by atoms with Gasteiger partial charge in [-0.1, -0.05) is 11.6 Å². The zero-order chi connectivity index (χ0) is 20.1. The Labute approximate surface area is 167 Å². The summed E-state index contributed by atoms with van der Waals surface area (Å²) in [5, 5.41) is 0.0526. The van der Waals surface area contributed by atoms with Gasteiger partial charge in [-0.3, -0.25) is 9.52 Å². The van der Waals surface area contributed by atoms with Gasteiger partial charge in [0.2, 0.25) is 0 Å². The molecule has 3 rings (SSSR count). The van der Waals surface area contributed by atoms with E-state index < -0.39 is 15.8 Å². The number of benzene rings is 2. The lowest BCUT2D eigenvalue weighted by atomic mass is 10.3. The predicted octanol–water partition coefficient (Wildman–Crippen LogP) is 2.52. The highest BCUT2D eigenvalue weighted by molar-refractivity contribution is 7.92. The van der Waals surface area contributed by atoms with E-state index in [1.807, 2.05) is 0 Å². The van der Waals surface area contributed by atoms with Crippen LogP contribution >= 0.6 is 11.6 Å². The second kappa shape index (κ2) is 8.76. The largest absolute Gasteiger partial charge is 0.482 e. The van der Waals surface area contributed by atoms with Crippen molar-refractivity contribution in [1.29, 1.82) is 0 Å². The maximum Gasteiger partial charge on any atom is 0.261 e. The van der Waals surface area contributed by atoms with Crippen LogP contribution in [0.15, 0.2) is 47.4 Å². The Balaban J connectivity index is 1.65. The van der Waals surface area contributed by atoms with E-state index in [4.69, 9.17) is 21.1 Å². The van der Waals surface area contributed by atoms with Crippen molar-refractivity contribution >= 4 is 33.2 Å². The van der Waals surface area contributed by atoms with Gasteiger partial charge in [0.15, 0.2) is 6.61 Å². The van der Waals surface area contributed by atoms with Gasteiger partial charge in [-0.15, -0.1) is 0 Å². The highest BCUT2D eigenvalue weighted by atomic mass is 35.5. The molecular formula is C18H18ClFN2O5S. The lowest BCUT2D eigenvalue weighted by Crippen LogP contribution is -2.43. The summed E-state index contributed by atoms with van der Waals surface area (Å²) in [5.41, 5.74) is 0.217. The van der Waals surface area contributed by atoms with Crippen molar-refractivity contribution in [1.82, 2.24) is 4.90 Å². The van der Waals surface area contributed by atoms with Crippen molar-refractivity contribution in [2.45, 2.75) is 4.90 Å². The molecule has 1 amide bonds. The standard InChI is InChI=1S/C18H18ClFN2O5S/c19-16-11-15(28(24,25)21-14-3-1-13(20)2-4-14)5-6-17(16)27-12-18(23)22-7-9-26-10-8-22/h1-6,11,21H,7-10,12H2. The number of carbonyl (C=O) groups is 1. The van der Waals surface area contributed by atoms with E-state index in [0.717, 1.165) is 12.1 Å². The lowest BCUT2D eigenvalue weighted by molar-refractivity contribution is -0.137. The average Bonchev–Trinajstić information content (AvgIpc) is 2.69. The number of nitrogens with one attached hydrogen (secondary N) is 1. The van der Waals surface area contributed by atoms with Gasteiger partial charge < -0.3 is 14.4 Å². The van der Waals surface area contributed by atoms with Crippen molar-refractivity contribution in [3.8, 4) is 5.75 Å². The number of rotatable bonds is 6. The molecular weight excluding hydrogens is 411 g/mol. The molecule has 1 fully saturated rings. The van der Waals surface area contributed by atoms with Gasteiger partial charge in [-0.25, -0.2) is 12.8 Å². The van der Waals surface area contributed by atoms with Crippen LogP contribution in [0.1, 0.15) is 0 Å². The molecule has 0 spiro atoms. The maximum absolute atomic E-state index is 12.9. The number of amides is 1. The van der Waals surface area contributed by atoms with Crippen molar-refractivity contribution < 1.29 is 27.1 Å². The van der Waals surface area contributed by atoms with E-state index in [9.17, 15) is 17.6 Å². The summed E-state index contributed by atoms with van der Waals surface area (Å²) in [6.07, 6.45) is 0. The molecule has 1 aliphatic heterocycles. The number of nitrogens with zero attached hydrogens (tertiary/aromatic N) is 1. The zero-order valence-corrected chi connectivity index (χ0v) is 16.3. The summed E-state index contributed by atoms with van der Waals surface area (Å²) < 4.78 is 50.8. The van der Waals surface area contributed by atoms with Crippen LogP contribution < -0.4 is 9.46 Å². The number of sulfonamides is 1. The molecule has 0 atom stereocenters. The summed E-state index contributed by atoms with van der Waals surface area (Å²) in [4.78, 5) is 13.6. The smallest absolute Gasteiger partial charge is 0.261 e. The van der Waals surface area contributed by atoms with Crippen molar-refractivity contribution in [3.63, 3.8) is 0 Å². The minimum absolute atomic E-state index is 0.0526. The molecule has 1 saturated heterocycles. The van der Waals surface area contributed by atoms with Crippen LogP contribution in [0.3, 0.4) is 0 Å². The predicted molar refractivity (Wildman–Crippen MR) is 102 cm³/mol. The second-order valence-electron chi connectivity index (χ2n) is 5.99. The van der Waals surface area contributed by atoms with Crippen molar-refractivity contribution in [2.24, 2.45) is 0 Å². The number of carbonyl (C=O) groups excluding carboxylic acids is 1. The van der Waals surface area contributed by atoms with Crippen LogP contribution in [-0.2, 0) is 19.6 Å². The molecule has 28 heavy (non-hydrogen) atoms. The molecule has 1 N–H and O–H groups in total. The third kappa shape index (κ3) is 5.12. The fourth-order valence-electron chi connectivity index (χ4n) is 2.54. The number of hydrogen-bond acceptors (Lipinski definition) is 5. The van der Waals surface area contributed by atoms with Crippen molar-refractivity contribution in [3.05, 3.63) is 53.3 Å². The number of hydrogen-bond donors (Lipinski definition) is 1. The molecule has 0 aromatic heterocycles. The first kappa shape index (κ1) is 20.4. The average molecular weight is 429 g/mol. The summed E-state index contributed by atoms with van der Waals surface area (Å²) in [6, 6.07) is 8.83. The van der Waals surface area contributed by atoms with Crippen LogP contribution in [0.2, 0.25) is 5.02 Å². The van der Waals surface area contributed by atoms with Gasteiger partial charge in [0.1, 0.15) is 11.6 Å². The Bertz CT molecular complexity index is 947. The Morgan fingerprint density at radius 1 is 1.18 bits per heavy atom. The molecule has 2 aromatic carbocycles. The van der Waals surface area contributed by atoms with E-state index in [2.05, 4.69) is 4.72 Å². The first-order valence-corrected chi connectivity index (χ1v) is 10.3. The summed E-state index contributed by atoms with van der Waals surface area (Å²) in [7, 11) is -3.92. The summed E-state index contributed by atoms with van der Waals surface area (Å²) in [6.45, 7) is 1.77. The zero-order valence-electron chi connectivity index (χ0n) is 14.7. The number of morpholine rings is 1. The maximum atomic E-state index is 12.9. The van der Waals surface area contributed by atoms with E-state index >= 15 is 0 Å². The highest BCUT2D eigenvalue weighted by Gasteiger charge is 2.19. The molecule has 0 unspecified atom stereocenters. The minimum Gasteiger partial charge on any atom is -0.482 e. The monoisotopic (exact) mass is 428 g/mol. The van der Waals surface area contributed by atoms with Crippen LogP contribution in [0.4, 0.5) is 10.1 Å². The fraction of sp³-hybridized carbons (Fsp3) is 0.278. The van der Waals surface area contributed by atoms with E-state index in [-0.39, 0.29) is 33.9 Å². The van der Waals surface area contributed by atoms with E-state index in [1.54, 1.807) is 4.90 Å². The highest BCUT2D eigenvalue weighted by Crippen LogP contribution is 2.28. The van der Waals surface area contributed by atoms with Gasteiger partial charge in [0.25, 0.3) is 15.9 Å². The normalized spacial score (nSPS) is 14.6. The van der Waals surface area contributed by atoms with Gasteiger partial charge in [-0.05, 0) is 42.5 Å². The minimum atomic E-state index is -3.92. The van der Waals surface area contributed by atoms with Gasteiger partial charge in [0, 0.05) is 18.8 Å². The topological polar surface area (TPSA) is 84.9 Å². The van der Waals surface area contributed by atoms with Crippen molar-refractivity contribution in [2.75, 3.05) is 37.6 Å². The SMILES string of the molecule is O=C(COc1ccc(S(=O)(=O)Nc2ccc(F)cc2)cc1Cl)N1CCOCC1. The lowest BCUT2D eigenvalue weighted by Gasteiger charge is -2.26. The molecule has 0 aliphatic carbocycles. The fourth-order valence-corrected chi connectivity index (χ4v) is 3.93. The molecule has 1 aliphatic rings. The Hall–Kier alpha value is -2.36. The second-order valence-corrected chi connectivity index (χ2v) is 8.08. The Morgan fingerprint density at radius 3 is 2.50 bits per heavy atom. The Morgan fingerprint density at radius 2 is 1.86 bits per heavy atom. The summed E-state index contributed by atoms with van der Waals surface area (Å²) in [5.74, 6) is -0.475. The molecule has 0 bridgehead atoms. The number of anilines is 1. The summed E-state index contributed by atoms with van der Waals surface area (Å²) >= 11 is 6.12.